The Morgan fingerprint density at radius 3 is 2.61 bits per heavy atom. The summed E-state index contributed by atoms with van der Waals surface area (Å²) in [7, 11) is -2.29. The van der Waals surface area contributed by atoms with Crippen LogP contribution in [0.2, 0.25) is 0 Å². The molecule has 3 rings (SSSR count). The van der Waals surface area contributed by atoms with Gasteiger partial charge in [-0.25, -0.2) is 8.42 Å². The lowest BCUT2D eigenvalue weighted by Crippen LogP contribution is -2.43. The molecule has 1 heterocycles. The Morgan fingerprint density at radius 2 is 1.93 bits per heavy atom. The van der Waals surface area contributed by atoms with Crippen LogP contribution in [-0.2, 0) is 14.8 Å². The van der Waals surface area contributed by atoms with Gasteiger partial charge in [-0.05, 0) is 84.3 Å². The number of methoxy groups -OCH3 is 1. The van der Waals surface area contributed by atoms with Crippen LogP contribution in [-0.4, -0.2) is 38.8 Å². The maximum atomic E-state index is 13.2. The van der Waals surface area contributed by atoms with Crippen LogP contribution in [0.15, 0.2) is 47.4 Å². The first-order chi connectivity index (χ1) is 13.3. The second kappa shape index (κ2) is 8.79. The average molecular weight is 514 g/mol. The van der Waals surface area contributed by atoms with E-state index in [-0.39, 0.29) is 17.3 Å². The number of sulfonamides is 1. The van der Waals surface area contributed by atoms with E-state index in [9.17, 15) is 13.2 Å². The van der Waals surface area contributed by atoms with Crippen molar-refractivity contribution in [3.63, 3.8) is 0 Å². The first-order valence-electron chi connectivity index (χ1n) is 9.02. The number of nitrogens with zero attached hydrogens (tertiary/aromatic N) is 1. The van der Waals surface area contributed by atoms with Crippen molar-refractivity contribution >= 4 is 44.2 Å². The minimum Gasteiger partial charge on any atom is -0.495 e. The molecule has 0 unspecified atom stereocenters. The largest absolute Gasteiger partial charge is 0.495 e. The van der Waals surface area contributed by atoms with E-state index in [1.165, 1.54) is 11.4 Å². The Labute approximate surface area is 179 Å². The predicted octanol–water partition coefficient (Wildman–Crippen LogP) is 3.65. The molecule has 0 aliphatic carbocycles. The number of piperidine rings is 1. The van der Waals surface area contributed by atoms with Gasteiger partial charge in [0.1, 0.15) is 10.6 Å². The lowest BCUT2D eigenvalue weighted by atomic mass is 9.99. The average Bonchev–Trinajstić information content (AvgIpc) is 2.69. The topological polar surface area (TPSA) is 75.7 Å². The highest BCUT2D eigenvalue weighted by molar-refractivity contribution is 14.1. The molecule has 2 aromatic rings. The smallest absolute Gasteiger partial charge is 0.246 e. The molecular weight excluding hydrogens is 491 g/mol. The molecule has 1 amide bonds. The molecule has 6 nitrogen and oxygen atoms in total. The van der Waals surface area contributed by atoms with Crippen LogP contribution >= 0.6 is 22.6 Å². The highest BCUT2D eigenvalue weighted by Crippen LogP contribution is 2.31. The first-order valence-corrected chi connectivity index (χ1v) is 11.5. The van der Waals surface area contributed by atoms with Crippen LogP contribution in [0, 0.1) is 16.4 Å². The number of rotatable bonds is 5. The molecule has 1 N–H and O–H groups in total. The highest BCUT2D eigenvalue weighted by Gasteiger charge is 2.34. The van der Waals surface area contributed by atoms with Gasteiger partial charge in [0.25, 0.3) is 0 Å². The van der Waals surface area contributed by atoms with Crippen molar-refractivity contribution < 1.29 is 17.9 Å². The number of hydrogen-bond acceptors (Lipinski definition) is 4. The Balaban J connectivity index is 1.78. The number of benzene rings is 2. The third-order valence-corrected chi connectivity index (χ3v) is 7.41. The SMILES string of the molecule is COc1ccc(C)cc1S(=O)(=O)N1CCC[C@@H](C(=O)Nc2ccc(I)cc2)C1. The summed E-state index contributed by atoms with van der Waals surface area (Å²) in [5, 5.41) is 2.89. The molecule has 1 saturated heterocycles. The number of aryl methyl sites for hydroxylation is 1. The van der Waals surface area contributed by atoms with Gasteiger partial charge in [0, 0.05) is 22.3 Å². The molecule has 8 heteroatoms. The number of anilines is 1. The van der Waals surface area contributed by atoms with Crippen LogP contribution in [0.4, 0.5) is 5.69 Å². The van der Waals surface area contributed by atoms with E-state index in [1.54, 1.807) is 12.1 Å². The van der Waals surface area contributed by atoms with Crippen molar-refractivity contribution in [1.82, 2.24) is 4.31 Å². The zero-order valence-corrected chi connectivity index (χ0v) is 18.8. The molecule has 1 atom stereocenters. The Hall–Kier alpha value is -1.65. The summed E-state index contributed by atoms with van der Waals surface area (Å²) in [5.41, 5.74) is 1.55. The summed E-state index contributed by atoms with van der Waals surface area (Å²) < 4.78 is 34.1. The molecule has 1 aliphatic rings. The number of nitrogens with one attached hydrogen (secondary N) is 1. The number of carbonyl (C=O) groups is 1. The molecule has 1 aliphatic heterocycles. The summed E-state index contributed by atoms with van der Waals surface area (Å²) in [6.07, 6.45) is 1.30. The second-order valence-corrected chi connectivity index (χ2v) is 10.0. The molecule has 0 radical (unpaired) electrons. The van der Waals surface area contributed by atoms with Crippen molar-refractivity contribution in [3.05, 3.63) is 51.6 Å². The summed E-state index contributed by atoms with van der Waals surface area (Å²) >= 11 is 2.20. The monoisotopic (exact) mass is 514 g/mol. The first kappa shape index (κ1) is 21.1. The van der Waals surface area contributed by atoms with Crippen LogP contribution in [0.1, 0.15) is 18.4 Å². The maximum absolute atomic E-state index is 13.2. The maximum Gasteiger partial charge on any atom is 0.246 e. The molecule has 0 spiro atoms. The number of carbonyl (C=O) groups excluding carboxylic acids is 1. The van der Waals surface area contributed by atoms with Gasteiger partial charge in [0.15, 0.2) is 0 Å². The van der Waals surface area contributed by atoms with Gasteiger partial charge in [-0.2, -0.15) is 4.31 Å². The molecule has 2 aromatic carbocycles. The zero-order valence-electron chi connectivity index (χ0n) is 15.8. The van der Waals surface area contributed by atoms with Gasteiger partial charge < -0.3 is 10.1 Å². The van der Waals surface area contributed by atoms with Gasteiger partial charge in [-0.3, -0.25) is 4.79 Å². The third-order valence-electron chi connectivity index (χ3n) is 4.80. The van der Waals surface area contributed by atoms with Gasteiger partial charge in [-0.1, -0.05) is 6.07 Å². The van der Waals surface area contributed by atoms with E-state index in [2.05, 4.69) is 27.9 Å². The lowest BCUT2D eigenvalue weighted by molar-refractivity contribution is -0.120. The summed E-state index contributed by atoms with van der Waals surface area (Å²) in [4.78, 5) is 12.8. The van der Waals surface area contributed by atoms with Gasteiger partial charge in [0.05, 0.1) is 13.0 Å². The van der Waals surface area contributed by atoms with E-state index in [0.717, 1.165) is 9.13 Å². The number of ether oxygens (including phenoxy) is 1. The van der Waals surface area contributed by atoms with Crippen LogP contribution in [0.5, 0.6) is 5.75 Å². The standard InChI is InChI=1S/C20H23IN2O4S/c1-14-5-10-18(27-2)19(12-14)28(25,26)23-11-3-4-15(13-23)20(24)22-17-8-6-16(21)7-9-17/h5-10,12,15H,3-4,11,13H2,1-2H3,(H,22,24)/t15-/m1/s1. The molecular formula is C20H23IN2O4S. The van der Waals surface area contributed by atoms with E-state index in [4.69, 9.17) is 4.74 Å². The van der Waals surface area contributed by atoms with Crippen molar-refractivity contribution in [2.24, 2.45) is 5.92 Å². The molecule has 0 saturated carbocycles. The van der Waals surface area contributed by atoms with Crippen molar-refractivity contribution in [3.8, 4) is 5.75 Å². The summed E-state index contributed by atoms with van der Waals surface area (Å²) in [6, 6.07) is 12.6. The minimum absolute atomic E-state index is 0.147. The zero-order chi connectivity index (χ0) is 20.3. The van der Waals surface area contributed by atoms with Crippen LogP contribution in [0.25, 0.3) is 0 Å². The van der Waals surface area contributed by atoms with Crippen molar-refractivity contribution in [2.75, 3.05) is 25.5 Å². The fourth-order valence-corrected chi connectivity index (χ4v) is 5.40. The van der Waals surface area contributed by atoms with Crippen molar-refractivity contribution in [1.29, 1.82) is 0 Å². The fourth-order valence-electron chi connectivity index (χ4n) is 3.28. The third kappa shape index (κ3) is 4.66. The fraction of sp³-hybridized carbons (Fsp3) is 0.350. The second-order valence-electron chi connectivity index (χ2n) is 6.85. The molecule has 1 fully saturated rings. The van der Waals surface area contributed by atoms with Gasteiger partial charge in [-0.15, -0.1) is 0 Å². The predicted molar refractivity (Wildman–Crippen MR) is 117 cm³/mol. The normalized spacial score (nSPS) is 17.9. The van der Waals surface area contributed by atoms with Crippen molar-refractivity contribution in [2.45, 2.75) is 24.7 Å². The Morgan fingerprint density at radius 1 is 1.21 bits per heavy atom. The quantitative estimate of drug-likeness (QED) is 0.619. The number of hydrogen-bond donors (Lipinski definition) is 1. The number of halogens is 1. The van der Waals surface area contributed by atoms with Crippen LogP contribution in [0.3, 0.4) is 0 Å². The van der Waals surface area contributed by atoms with E-state index >= 15 is 0 Å². The number of amides is 1. The highest BCUT2D eigenvalue weighted by atomic mass is 127. The molecule has 28 heavy (non-hydrogen) atoms. The molecule has 0 aromatic heterocycles. The van der Waals surface area contributed by atoms with E-state index < -0.39 is 15.9 Å². The van der Waals surface area contributed by atoms with E-state index in [0.29, 0.717) is 30.8 Å². The van der Waals surface area contributed by atoms with Gasteiger partial charge >= 0.3 is 0 Å². The summed E-state index contributed by atoms with van der Waals surface area (Å²) in [6.45, 7) is 2.40. The lowest BCUT2D eigenvalue weighted by Gasteiger charge is -2.31. The summed E-state index contributed by atoms with van der Waals surface area (Å²) in [5.74, 6) is -0.230. The van der Waals surface area contributed by atoms with Gasteiger partial charge in [0.2, 0.25) is 15.9 Å². The van der Waals surface area contributed by atoms with Crippen LogP contribution < -0.4 is 10.1 Å². The molecule has 0 bridgehead atoms. The Bertz CT molecular complexity index is 961. The minimum atomic E-state index is -3.74. The molecule has 150 valence electrons. The van der Waals surface area contributed by atoms with E-state index in [1.807, 2.05) is 37.3 Å². The Kier molecular flexibility index (Phi) is 6.61.